The lowest BCUT2D eigenvalue weighted by molar-refractivity contribution is 0.0911. The summed E-state index contributed by atoms with van der Waals surface area (Å²) < 4.78 is 0. The van der Waals surface area contributed by atoms with Gasteiger partial charge in [-0.3, -0.25) is 24.7 Å². The SMILES string of the molecule is CC#CCN1CCC(NC(=O)c2n[nH]c3ccc(-c4cncc(CN5CCC(C)CC5)c4)cc23)CC1. The molecule has 5 rings (SSSR count). The van der Waals surface area contributed by atoms with E-state index in [0.717, 1.165) is 80.1 Å². The zero-order valence-corrected chi connectivity index (χ0v) is 21.4. The number of H-pyrrole nitrogens is 1. The topological polar surface area (TPSA) is 77.1 Å². The Morgan fingerprint density at radius 2 is 1.83 bits per heavy atom. The van der Waals surface area contributed by atoms with Crippen LogP contribution in [0.1, 0.15) is 55.6 Å². The molecule has 1 aromatic carbocycles. The van der Waals surface area contributed by atoms with E-state index in [0.29, 0.717) is 5.69 Å². The van der Waals surface area contributed by atoms with E-state index in [1.165, 1.54) is 18.4 Å². The molecule has 2 N–H and O–H groups in total. The quantitative estimate of drug-likeness (QED) is 0.516. The molecule has 1 amide bonds. The summed E-state index contributed by atoms with van der Waals surface area (Å²) in [4.78, 5) is 22.5. The van der Waals surface area contributed by atoms with Crippen molar-refractivity contribution in [3.63, 3.8) is 0 Å². The van der Waals surface area contributed by atoms with E-state index >= 15 is 0 Å². The normalized spacial score (nSPS) is 18.2. The second-order valence-electron chi connectivity index (χ2n) is 10.3. The van der Waals surface area contributed by atoms with Gasteiger partial charge in [-0.2, -0.15) is 5.10 Å². The van der Waals surface area contributed by atoms with Crippen molar-refractivity contribution in [3.05, 3.63) is 47.9 Å². The fourth-order valence-electron chi connectivity index (χ4n) is 5.26. The van der Waals surface area contributed by atoms with E-state index in [-0.39, 0.29) is 11.9 Å². The first kappa shape index (κ1) is 24.5. The van der Waals surface area contributed by atoms with Crippen LogP contribution in [0, 0.1) is 17.8 Å². The Hall–Kier alpha value is -3.21. The van der Waals surface area contributed by atoms with Gasteiger partial charge in [-0.25, -0.2) is 0 Å². The summed E-state index contributed by atoms with van der Waals surface area (Å²) in [6.07, 6.45) is 8.26. The van der Waals surface area contributed by atoms with Crippen LogP contribution in [0.2, 0.25) is 0 Å². The van der Waals surface area contributed by atoms with Crippen LogP contribution in [0.4, 0.5) is 0 Å². The molecule has 3 aromatic rings. The Morgan fingerprint density at radius 3 is 2.61 bits per heavy atom. The largest absolute Gasteiger partial charge is 0.348 e. The highest BCUT2D eigenvalue weighted by Crippen LogP contribution is 2.27. The number of fused-ring (bicyclic) bond motifs is 1. The second-order valence-corrected chi connectivity index (χ2v) is 10.3. The van der Waals surface area contributed by atoms with Crippen LogP contribution < -0.4 is 5.32 Å². The minimum atomic E-state index is -0.114. The van der Waals surface area contributed by atoms with Crippen molar-refractivity contribution in [2.75, 3.05) is 32.7 Å². The number of rotatable bonds is 6. The summed E-state index contributed by atoms with van der Waals surface area (Å²) in [5, 5.41) is 11.4. The average molecular weight is 485 g/mol. The Labute approximate surface area is 213 Å². The van der Waals surface area contributed by atoms with E-state index < -0.39 is 0 Å². The number of aromatic amines is 1. The average Bonchev–Trinajstić information content (AvgIpc) is 3.33. The molecule has 0 radical (unpaired) electrons. The first-order chi connectivity index (χ1) is 17.6. The van der Waals surface area contributed by atoms with Crippen molar-refractivity contribution in [1.82, 2.24) is 30.3 Å². The molecular weight excluding hydrogens is 448 g/mol. The van der Waals surface area contributed by atoms with Crippen LogP contribution in [0.15, 0.2) is 36.7 Å². The Bertz CT molecular complexity index is 1260. The predicted molar refractivity (Wildman–Crippen MR) is 143 cm³/mol. The summed E-state index contributed by atoms with van der Waals surface area (Å²) in [5.41, 5.74) is 4.66. The molecule has 2 saturated heterocycles. The van der Waals surface area contributed by atoms with Gasteiger partial charge in [0.05, 0.1) is 12.1 Å². The third-order valence-corrected chi connectivity index (χ3v) is 7.59. The number of aromatic nitrogens is 3. The van der Waals surface area contributed by atoms with Crippen LogP contribution in [0.5, 0.6) is 0 Å². The molecule has 7 nitrogen and oxygen atoms in total. The van der Waals surface area contributed by atoms with Crippen molar-refractivity contribution in [2.24, 2.45) is 5.92 Å². The number of carbonyl (C=O) groups is 1. The fraction of sp³-hybridized carbons (Fsp3) is 0.483. The molecule has 7 heteroatoms. The standard InChI is InChI=1S/C29H36N6O/c1-3-4-11-34-14-9-25(10-15-34)31-29(36)28-26-17-23(5-6-27(26)32-33-28)24-16-22(18-30-19-24)20-35-12-7-21(2)8-13-35/h5-6,16-19,21,25H,7-15,20H2,1-2H3,(H,31,36)(H,32,33). The van der Waals surface area contributed by atoms with Gasteiger partial charge in [-0.15, -0.1) is 5.92 Å². The Kier molecular flexibility index (Phi) is 7.64. The number of carbonyl (C=O) groups excluding carboxylic acids is 1. The van der Waals surface area contributed by atoms with Gasteiger partial charge in [0.25, 0.3) is 5.91 Å². The number of amides is 1. The molecule has 0 saturated carbocycles. The highest BCUT2D eigenvalue weighted by Gasteiger charge is 2.23. The van der Waals surface area contributed by atoms with Crippen molar-refractivity contribution in [2.45, 2.75) is 52.1 Å². The van der Waals surface area contributed by atoms with Crippen molar-refractivity contribution < 1.29 is 4.79 Å². The van der Waals surface area contributed by atoms with Gasteiger partial charge < -0.3 is 5.32 Å². The summed E-state index contributed by atoms with van der Waals surface area (Å²) in [6, 6.07) is 8.52. The second kappa shape index (κ2) is 11.2. The summed E-state index contributed by atoms with van der Waals surface area (Å²) in [7, 11) is 0. The van der Waals surface area contributed by atoms with E-state index in [9.17, 15) is 4.79 Å². The molecule has 4 heterocycles. The fourth-order valence-corrected chi connectivity index (χ4v) is 5.26. The van der Waals surface area contributed by atoms with E-state index in [1.807, 2.05) is 25.4 Å². The molecule has 2 aliphatic heterocycles. The maximum Gasteiger partial charge on any atom is 0.272 e. The van der Waals surface area contributed by atoms with Crippen molar-refractivity contribution in [1.29, 1.82) is 0 Å². The third kappa shape index (κ3) is 5.77. The van der Waals surface area contributed by atoms with Crippen LogP contribution in [-0.2, 0) is 6.54 Å². The molecule has 0 aliphatic carbocycles. The highest BCUT2D eigenvalue weighted by molar-refractivity contribution is 6.05. The molecule has 0 atom stereocenters. The number of benzene rings is 1. The lowest BCUT2D eigenvalue weighted by Gasteiger charge is -2.30. The minimum absolute atomic E-state index is 0.114. The van der Waals surface area contributed by atoms with E-state index in [1.54, 1.807) is 0 Å². The van der Waals surface area contributed by atoms with Crippen molar-refractivity contribution in [3.8, 4) is 23.0 Å². The number of nitrogens with one attached hydrogen (secondary N) is 2. The molecule has 0 spiro atoms. The van der Waals surface area contributed by atoms with Crippen LogP contribution in [0.25, 0.3) is 22.0 Å². The van der Waals surface area contributed by atoms with Crippen LogP contribution in [-0.4, -0.2) is 69.7 Å². The summed E-state index contributed by atoms with van der Waals surface area (Å²) >= 11 is 0. The number of hydrogen-bond acceptors (Lipinski definition) is 5. The van der Waals surface area contributed by atoms with Gasteiger partial charge in [0.1, 0.15) is 0 Å². The molecule has 36 heavy (non-hydrogen) atoms. The predicted octanol–water partition coefficient (Wildman–Crippen LogP) is 4.07. The van der Waals surface area contributed by atoms with Crippen LogP contribution in [0.3, 0.4) is 0 Å². The number of hydrogen-bond donors (Lipinski definition) is 2. The number of nitrogens with zero attached hydrogens (tertiary/aromatic N) is 4. The Balaban J connectivity index is 1.27. The van der Waals surface area contributed by atoms with Gasteiger partial charge in [0.2, 0.25) is 0 Å². The maximum atomic E-state index is 13.1. The van der Waals surface area contributed by atoms with Gasteiger partial charge in [0.15, 0.2) is 5.69 Å². The molecule has 2 fully saturated rings. The first-order valence-electron chi connectivity index (χ1n) is 13.2. The number of pyridine rings is 1. The Morgan fingerprint density at radius 1 is 1.06 bits per heavy atom. The zero-order valence-electron chi connectivity index (χ0n) is 21.4. The molecule has 2 aliphatic rings. The summed E-state index contributed by atoms with van der Waals surface area (Å²) in [6.45, 7) is 10.1. The maximum absolute atomic E-state index is 13.1. The smallest absolute Gasteiger partial charge is 0.272 e. The number of likely N-dealkylation sites (tertiary alicyclic amines) is 2. The first-order valence-corrected chi connectivity index (χ1v) is 13.2. The zero-order chi connectivity index (χ0) is 24.9. The van der Waals surface area contributed by atoms with Gasteiger partial charge in [-0.1, -0.05) is 18.9 Å². The summed E-state index contributed by atoms with van der Waals surface area (Å²) in [5.74, 6) is 6.79. The molecule has 2 aromatic heterocycles. The molecule has 0 bridgehead atoms. The lowest BCUT2D eigenvalue weighted by Crippen LogP contribution is -2.44. The van der Waals surface area contributed by atoms with Crippen LogP contribution >= 0.6 is 0 Å². The van der Waals surface area contributed by atoms with E-state index in [4.69, 9.17) is 0 Å². The van der Waals surface area contributed by atoms with Gasteiger partial charge in [-0.05, 0) is 80.9 Å². The lowest BCUT2D eigenvalue weighted by atomic mass is 9.98. The molecule has 188 valence electrons. The molecule has 0 unspecified atom stereocenters. The van der Waals surface area contributed by atoms with Gasteiger partial charge in [0, 0.05) is 49.0 Å². The molecular formula is C29H36N6O. The third-order valence-electron chi connectivity index (χ3n) is 7.59. The number of piperidine rings is 2. The minimum Gasteiger partial charge on any atom is -0.348 e. The van der Waals surface area contributed by atoms with Crippen molar-refractivity contribution >= 4 is 16.8 Å². The highest BCUT2D eigenvalue weighted by atomic mass is 16.2. The monoisotopic (exact) mass is 484 g/mol. The van der Waals surface area contributed by atoms with Gasteiger partial charge >= 0.3 is 0 Å². The van der Waals surface area contributed by atoms with E-state index in [2.05, 4.69) is 67.3 Å².